The van der Waals surface area contributed by atoms with Gasteiger partial charge >= 0.3 is 0 Å². The summed E-state index contributed by atoms with van der Waals surface area (Å²) in [7, 11) is 0. The largest absolute Gasteiger partial charge is 0.454 e. The average Bonchev–Trinajstić information content (AvgIpc) is 3.24. The summed E-state index contributed by atoms with van der Waals surface area (Å²) in [6.45, 7) is 2.15. The number of carbonyl (C=O) groups excluding carboxylic acids is 1. The van der Waals surface area contributed by atoms with Crippen molar-refractivity contribution in [1.82, 2.24) is 4.98 Å². The first-order valence-corrected chi connectivity index (χ1v) is 9.82. The third-order valence-electron chi connectivity index (χ3n) is 5.24. The number of fused-ring (bicyclic) bond motifs is 1. The van der Waals surface area contributed by atoms with E-state index in [-0.39, 0.29) is 18.5 Å². The van der Waals surface area contributed by atoms with E-state index in [2.05, 4.69) is 10.3 Å². The number of anilines is 1. The van der Waals surface area contributed by atoms with Gasteiger partial charge in [0, 0.05) is 10.4 Å². The molecule has 2 aromatic carbocycles. The Balaban J connectivity index is 1.38. The van der Waals surface area contributed by atoms with Crippen molar-refractivity contribution in [2.24, 2.45) is 0 Å². The summed E-state index contributed by atoms with van der Waals surface area (Å²) in [6.07, 6.45) is 1.57. The monoisotopic (exact) mass is 396 g/mol. The Labute approximate surface area is 165 Å². The number of hydrogen-bond donors (Lipinski definition) is 1. The second-order valence-corrected chi connectivity index (χ2v) is 8.24. The van der Waals surface area contributed by atoms with Gasteiger partial charge in [-0.15, -0.1) is 11.3 Å². The Morgan fingerprint density at radius 3 is 2.64 bits per heavy atom. The van der Waals surface area contributed by atoms with E-state index in [1.54, 1.807) is 12.1 Å². The van der Waals surface area contributed by atoms with Crippen LogP contribution >= 0.6 is 11.3 Å². The van der Waals surface area contributed by atoms with E-state index in [9.17, 15) is 9.18 Å². The highest BCUT2D eigenvalue weighted by molar-refractivity contribution is 7.16. The molecule has 5 nitrogen and oxygen atoms in total. The van der Waals surface area contributed by atoms with Crippen LogP contribution in [0.25, 0.3) is 11.3 Å². The van der Waals surface area contributed by atoms with E-state index in [4.69, 9.17) is 9.47 Å². The van der Waals surface area contributed by atoms with E-state index < -0.39 is 5.41 Å². The summed E-state index contributed by atoms with van der Waals surface area (Å²) < 4.78 is 24.0. The van der Waals surface area contributed by atoms with E-state index in [1.165, 1.54) is 23.5 Å². The van der Waals surface area contributed by atoms with E-state index in [0.29, 0.717) is 16.6 Å². The first-order valence-electron chi connectivity index (χ1n) is 9.00. The molecule has 1 aliphatic heterocycles. The molecule has 0 radical (unpaired) electrons. The van der Waals surface area contributed by atoms with Crippen molar-refractivity contribution < 1.29 is 18.7 Å². The number of halogens is 1. The summed E-state index contributed by atoms with van der Waals surface area (Å²) in [5, 5.41) is 3.53. The van der Waals surface area contributed by atoms with E-state index in [1.807, 2.05) is 25.1 Å². The minimum absolute atomic E-state index is 0.0641. The van der Waals surface area contributed by atoms with Crippen LogP contribution in [-0.2, 0) is 10.2 Å². The molecule has 1 fully saturated rings. The molecule has 0 saturated heterocycles. The summed E-state index contributed by atoms with van der Waals surface area (Å²) in [4.78, 5) is 18.6. The molecular formula is C21H17FN2O3S. The molecule has 0 spiro atoms. The van der Waals surface area contributed by atoms with Crippen LogP contribution in [0.4, 0.5) is 9.52 Å². The molecule has 0 atom stereocenters. The highest BCUT2D eigenvalue weighted by atomic mass is 32.1. The molecule has 1 N–H and O–H groups in total. The second kappa shape index (κ2) is 6.31. The number of carbonyl (C=O) groups is 1. The Morgan fingerprint density at radius 2 is 1.89 bits per heavy atom. The molecule has 5 rings (SSSR count). The normalized spacial score (nSPS) is 16.1. The molecule has 1 aromatic heterocycles. The van der Waals surface area contributed by atoms with Gasteiger partial charge in [0.2, 0.25) is 12.7 Å². The number of nitrogens with one attached hydrogen (secondary N) is 1. The molecule has 0 bridgehead atoms. The third-order valence-corrected chi connectivity index (χ3v) is 6.13. The maximum atomic E-state index is 13.2. The molecule has 2 aliphatic rings. The Kier molecular flexibility index (Phi) is 3.87. The number of hydrogen-bond acceptors (Lipinski definition) is 5. The number of aromatic nitrogens is 1. The number of benzene rings is 2. The van der Waals surface area contributed by atoms with E-state index in [0.717, 1.165) is 34.5 Å². The maximum absolute atomic E-state index is 13.2. The number of rotatable bonds is 4. The van der Waals surface area contributed by atoms with Crippen LogP contribution in [0, 0.1) is 12.7 Å². The quantitative estimate of drug-likeness (QED) is 0.697. The van der Waals surface area contributed by atoms with Gasteiger partial charge in [0.05, 0.1) is 11.1 Å². The highest BCUT2D eigenvalue weighted by Crippen LogP contribution is 2.51. The molecule has 1 amide bonds. The van der Waals surface area contributed by atoms with Crippen molar-refractivity contribution in [3.8, 4) is 22.8 Å². The maximum Gasteiger partial charge on any atom is 0.236 e. The lowest BCUT2D eigenvalue weighted by atomic mass is 9.94. The summed E-state index contributed by atoms with van der Waals surface area (Å²) in [5.41, 5.74) is 1.97. The van der Waals surface area contributed by atoms with Gasteiger partial charge in [-0.2, -0.15) is 0 Å². The fourth-order valence-electron chi connectivity index (χ4n) is 3.51. The van der Waals surface area contributed by atoms with Gasteiger partial charge in [0.15, 0.2) is 16.6 Å². The first-order chi connectivity index (χ1) is 13.5. The van der Waals surface area contributed by atoms with Crippen LogP contribution < -0.4 is 14.8 Å². The predicted octanol–water partition coefficient (Wildman–Crippen LogP) is 4.66. The van der Waals surface area contributed by atoms with Gasteiger partial charge in [-0.3, -0.25) is 4.79 Å². The molecule has 3 aromatic rings. The lowest BCUT2D eigenvalue weighted by Gasteiger charge is -2.15. The summed E-state index contributed by atoms with van der Waals surface area (Å²) in [6, 6.07) is 11.9. The van der Waals surface area contributed by atoms with Crippen LogP contribution in [0.2, 0.25) is 0 Å². The van der Waals surface area contributed by atoms with Gasteiger partial charge in [0.25, 0.3) is 0 Å². The van der Waals surface area contributed by atoms with Crippen molar-refractivity contribution in [2.75, 3.05) is 12.1 Å². The Bertz CT molecular complexity index is 1070. The van der Waals surface area contributed by atoms with Gasteiger partial charge < -0.3 is 14.8 Å². The second-order valence-electron chi connectivity index (χ2n) is 7.03. The van der Waals surface area contributed by atoms with E-state index >= 15 is 0 Å². The smallest absolute Gasteiger partial charge is 0.236 e. The number of aryl methyl sites for hydroxylation is 1. The van der Waals surface area contributed by atoms with Crippen molar-refractivity contribution in [1.29, 1.82) is 0 Å². The van der Waals surface area contributed by atoms with Crippen molar-refractivity contribution >= 4 is 22.4 Å². The number of thiazole rings is 1. The average molecular weight is 396 g/mol. The van der Waals surface area contributed by atoms with Crippen molar-refractivity contribution in [3.63, 3.8) is 0 Å². The van der Waals surface area contributed by atoms with Crippen LogP contribution in [0.3, 0.4) is 0 Å². The first kappa shape index (κ1) is 17.2. The zero-order valence-electron chi connectivity index (χ0n) is 15.1. The van der Waals surface area contributed by atoms with Gasteiger partial charge in [0.1, 0.15) is 5.82 Å². The fourth-order valence-corrected chi connectivity index (χ4v) is 4.34. The van der Waals surface area contributed by atoms with Gasteiger partial charge in [-0.1, -0.05) is 6.07 Å². The topological polar surface area (TPSA) is 60.5 Å². The van der Waals surface area contributed by atoms with Crippen LogP contribution in [0.15, 0.2) is 42.5 Å². The van der Waals surface area contributed by atoms with Gasteiger partial charge in [-0.25, -0.2) is 9.37 Å². The number of nitrogens with zero attached hydrogens (tertiary/aromatic N) is 1. The van der Waals surface area contributed by atoms with Crippen LogP contribution in [0.5, 0.6) is 11.5 Å². The zero-order valence-corrected chi connectivity index (χ0v) is 15.9. The summed E-state index contributed by atoms with van der Waals surface area (Å²) >= 11 is 1.42. The molecule has 7 heteroatoms. The standard InChI is InChI=1S/C21H17FN2O3S/c1-12-18(13-2-5-15(22)6-3-13)23-20(28-12)24-19(25)21(8-9-21)14-4-7-16-17(10-14)27-11-26-16/h2-7,10H,8-9,11H2,1H3,(H,23,24,25). The lowest BCUT2D eigenvalue weighted by Crippen LogP contribution is -2.27. The SMILES string of the molecule is Cc1sc(NC(=O)C2(c3ccc4c(c3)OCO4)CC2)nc1-c1ccc(F)cc1. The van der Waals surface area contributed by atoms with Crippen LogP contribution in [-0.4, -0.2) is 17.7 Å². The number of ether oxygens (including phenoxy) is 2. The minimum atomic E-state index is -0.545. The predicted molar refractivity (Wildman–Crippen MR) is 104 cm³/mol. The fraction of sp³-hybridized carbons (Fsp3) is 0.238. The molecule has 2 heterocycles. The molecule has 1 aliphatic carbocycles. The molecule has 0 unspecified atom stereocenters. The van der Waals surface area contributed by atoms with Crippen molar-refractivity contribution in [3.05, 3.63) is 58.7 Å². The Hall–Kier alpha value is -2.93. The molecule has 142 valence electrons. The summed E-state index contributed by atoms with van der Waals surface area (Å²) in [5.74, 6) is 1.04. The lowest BCUT2D eigenvalue weighted by molar-refractivity contribution is -0.118. The third kappa shape index (κ3) is 2.82. The molecule has 28 heavy (non-hydrogen) atoms. The van der Waals surface area contributed by atoms with Gasteiger partial charge in [-0.05, 0) is 61.7 Å². The minimum Gasteiger partial charge on any atom is -0.454 e. The number of amides is 1. The van der Waals surface area contributed by atoms with Crippen molar-refractivity contribution in [2.45, 2.75) is 25.2 Å². The zero-order chi connectivity index (χ0) is 19.3. The molecular weight excluding hydrogens is 379 g/mol. The highest BCUT2D eigenvalue weighted by Gasteiger charge is 2.52. The molecule has 1 saturated carbocycles. The van der Waals surface area contributed by atoms with Crippen LogP contribution in [0.1, 0.15) is 23.3 Å². The Morgan fingerprint density at radius 1 is 1.14 bits per heavy atom.